The summed E-state index contributed by atoms with van der Waals surface area (Å²) in [5.74, 6) is -0.0614. The maximum absolute atomic E-state index is 11.3. The highest BCUT2D eigenvalue weighted by Gasteiger charge is 2.06. The molecule has 0 atom stereocenters. The highest BCUT2D eigenvalue weighted by molar-refractivity contribution is 6.28. The monoisotopic (exact) mass is 270 g/mol. The Bertz CT molecular complexity index is 406. The minimum atomic E-state index is -0.608. The average Bonchev–Trinajstić information content (AvgIpc) is 2.37. The lowest BCUT2D eigenvalue weighted by molar-refractivity contribution is -0.117. The molecule has 0 unspecified atom stereocenters. The molecule has 0 spiro atoms. The van der Waals surface area contributed by atoms with Crippen molar-refractivity contribution in [1.29, 1.82) is 0 Å². The van der Waals surface area contributed by atoms with Gasteiger partial charge in [0.25, 0.3) is 0 Å². The van der Waals surface area contributed by atoms with Crippen LogP contribution >= 0.6 is 11.6 Å². The van der Waals surface area contributed by atoms with Crippen LogP contribution in [0.1, 0.15) is 13.3 Å². The number of anilines is 1. The highest BCUT2D eigenvalue weighted by atomic mass is 35.5. The van der Waals surface area contributed by atoms with Crippen LogP contribution in [-0.4, -0.2) is 24.4 Å². The van der Waals surface area contributed by atoms with Gasteiger partial charge in [0.05, 0.1) is 6.61 Å². The van der Waals surface area contributed by atoms with Gasteiger partial charge in [-0.1, -0.05) is 6.92 Å². The molecular weight excluding hydrogens is 256 g/mol. The lowest BCUT2D eigenvalue weighted by Gasteiger charge is -2.07. The first kappa shape index (κ1) is 14.3. The third kappa shape index (κ3) is 5.05. The number of halogens is 1. The van der Waals surface area contributed by atoms with E-state index in [4.69, 9.17) is 16.3 Å². The standard InChI is InChI=1S/C12H15ClN2O3/c1-2-7-18-10-5-3-9(4-6-10)14-12(17)15-11(16)8-13/h3-6H,2,7-8H2,1H3,(H2,14,15,16,17). The molecule has 6 heteroatoms. The fourth-order valence-electron chi connectivity index (χ4n) is 1.18. The van der Waals surface area contributed by atoms with E-state index in [0.29, 0.717) is 12.3 Å². The molecule has 1 aromatic carbocycles. The number of alkyl halides is 1. The van der Waals surface area contributed by atoms with E-state index in [9.17, 15) is 9.59 Å². The molecule has 2 N–H and O–H groups in total. The van der Waals surface area contributed by atoms with Gasteiger partial charge in [0.15, 0.2) is 0 Å². The Morgan fingerprint density at radius 2 is 1.94 bits per heavy atom. The Morgan fingerprint density at radius 3 is 2.50 bits per heavy atom. The summed E-state index contributed by atoms with van der Waals surface area (Å²) in [5.41, 5.74) is 0.568. The Morgan fingerprint density at radius 1 is 1.28 bits per heavy atom. The summed E-state index contributed by atoms with van der Waals surface area (Å²) in [6.45, 7) is 2.67. The van der Waals surface area contributed by atoms with Crippen molar-refractivity contribution < 1.29 is 14.3 Å². The molecule has 1 aromatic rings. The Balaban J connectivity index is 2.47. The fourth-order valence-corrected chi connectivity index (χ4v) is 1.24. The molecule has 18 heavy (non-hydrogen) atoms. The van der Waals surface area contributed by atoms with Gasteiger partial charge in [-0.25, -0.2) is 4.79 Å². The van der Waals surface area contributed by atoms with Gasteiger partial charge in [-0.15, -0.1) is 11.6 Å². The quantitative estimate of drug-likeness (QED) is 0.807. The van der Waals surface area contributed by atoms with Crippen molar-refractivity contribution in [3.05, 3.63) is 24.3 Å². The van der Waals surface area contributed by atoms with Crippen LogP contribution in [0.15, 0.2) is 24.3 Å². The number of amides is 3. The molecule has 0 aromatic heterocycles. The molecule has 5 nitrogen and oxygen atoms in total. The van der Waals surface area contributed by atoms with Crippen molar-refractivity contribution in [1.82, 2.24) is 5.32 Å². The second-order valence-electron chi connectivity index (χ2n) is 3.51. The number of benzene rings is 1. The Kier molecular flexibility index (Phi) is 6.00. The minimum Gasteiger partial charge on any atom is -0.494 e. The van der Waals surface area contributed by atoms with Crippen LogP contribution in [-0.2, 0) is 4.79 Å². The lowest BCUT2D eigenvalue weighted by atomic mass is 10.3. The number of rotatable bonds is 5. The van der Waals surface area contributed by atoms with Gasteiger partial charge in [0, 0.05) is 5.69 Å². The number of hydrogen-bond acceptors (Lipinski definition) is 3. The highest BCUT2D eigenvalue weighted by Crippen LogP contribution is 2.15. The van der Waals surface area contributed by atoms with Gasteiger partial charge in [-0.2, -0.15) is 0 Å². The van der Waals surface area contributed by atoms with Crippen LogP contribution in [0.2, 0.25) is 0 Å². The molecule has 0 bridgehead atoms. The van der Waals surface area contributed by atoms with Crippen molar-refractivity contribution in [2.75, 3.05) is 17.8 Å². The van der Waals surface area contributed by atoms with Crippen LogP contribution < -0.4 is 15.4 Å². The van der Waals surface area contributed by atoms with E-state index in [0.717, 1.165) is 12.2 Å². The fraction of sp³-hybridized carbons (Fsp3) is 0.333. The molecule has 0 saturated carbocycles. The number of hydrogen-bond donors (Lipinski definition) is 2. The molecule has 98 valence electrons. The molecule has 0 saturated heterocycles. The third-order valence-corrected chi connectivity index (χ3v) is 2.20. The zero-order chi connectivity index (χ0) is 13.4. The van der Waals surface area contributed by atoms with E-state index in [1.807, 2.05) is 6.92 Å². The first-order valence-corrected chi connectivity index (χ1v) is 6.08. The van der Waals surface area contributed by atoms with Gasteiger partial charge in [-0.3, -0.25) is 10.1 Å². The van der Waals surface area contributed by atoms with E-state index >= 15 is 0 Å². The topological polar surface area (TPSA) is 67.4 Å². The minimum absolute atomic E-state index is 0.253. The van der Waals surface area contributed by atoms with Crippen LogP contribution in [0.25, 0.3) is 0 Å². The van der Waals surface area contributed by atoms with Crippen LogP contribution in [0.3, 0.4) is 0 Å². The number of urea groups is 1. The summed E-state index contributed by atoms with van der Waals surface area (Å²) in [4.78, 5) is 22.2. The second-order valence-corrected chi connectivity index (χ2v) is 3.78. The van der Waals surface area contributed by atoms with Crippen molar-refractivity contribution in [2.24, 2.45) is 0 Å². The summed E-state index contributed by atoms with van der Waals surface area (Å²) in [7, 11) is 0. The van der Waals surface area contributed by atoms with Crippen LogP contribution in [0.4, 0.5) is 10.5 Å². The average molecular weight is 271 g/mol. The third-order valence-electron chi connectivity index (χ3n) is 1.96. The molecule has 0 aliphatic heterocycles. The van der Waals surface area contributed by atoms with Crippen molar-refractivity contribution in [3.63, 3.8) is 0 Å². The lowest BCUT2D eigenvalue weighted by Crippen LogP contribution is -2.35. The van der Waals surface area contributed by atoms with Gasteiger partial charge in [0.1, 0.15) is 11.6 Å². The SMILES string of the molecule is CCCOc1ccc(NC(=O)NC(=O)CCl)cc1. The molecule has 0 radical (unpaired) electrons. The maximum Gasteiger partial charge on any atom is 0.325 e. The summed E-state index contributed by atoms with van der Waals surface area (Å²) >= 11 is 5.26. The smallest absolute Gasteiger partial charge is 0.325 e. The van der Waals surface area contributed by atoms with Gasteiger partial charge in [0.2, 0.25) is 5.91 Å². The van der Waals surface area contributed by atoms with E-state index < -0.39 is 11.9 Å². The van der Waals surface area contributed by atoms with Gasteiger partial charge < -0.3 is 10.1 Å². The van der Waals surface area contributed by atoms with E-state index in [2.05, 4.69) is 10.6 Å². The zero-order valence-electron chi connectivity index (χ0n) is 10.0. The number of ether oxygens (including phenoxy) is 1. The second kappa shape index (κ2) is 7.55. The van der Waals surface area contributed by atoms with Gasteiger partial charge >= 0.3 is 6.03 Å². The summed E-state index contributed by atoms with van der Waals surface area (Å²) in [6, 6.07) is 6.26. The summed E-state index contributed by atoms with van der Waals surface area (Å²) in [6.07, 6.45) is 0.933. The first-order valence-electron chi connectivity index (χ1n) is 5.55. The summed E-state index contributed by atoms with van der Waals surface area (Å²) in [5, 5.41) is 4.58. The van der Waals surface area contributed by atoms with Crippen molar-refractivity contribution >= 4 is 29.2 Å². The normalized spacial score (nSPS) is 9.67. The van der Waals surface area contributed by atoms with Crippen LogP contribution in [0, 0.1) is 0 Å². The predicted octanol–water partition coefficient (Wildman–Crippen LogP) is 2.36. The van der Waals surface area contributed by atoms with Crippen LogP contribution in [0.5, 0.6) is 5.75 Å². The number of carbonyl (C=O) groups is 2. The van der Waals surface area contributed by atoms with E-state index in [1.54, 1.807) is 24.3 Å². The van der Waals surface area contributed by atoms with E-state index in [1.165, 1.54) is 0 Å². The first-order chi connectivity index (χ1) is 8.65. The zero-order valence-corrected chi connectivity index (χ0v) is 10.8. The molecular formula is C12H15ClN2O3. The molecule has 0 aliphatic carbocycles. The molecule has 0 aliphatic rings. The molecule has 3 amide bonds. The molecule has 0 heterocycles. The predicted molar refractivity (Wildman–Crippen MR) is 70.1 cm³/mol. The van der Waals surface area contributed by atoms with Gasteiger partial charge in [-0.05, 0) is 30.7 Å². The van der Waals surface area contributed by atoms with Crippen molar-refractivity contribution in [3.8, 4) is 5.75 Å². The Hall–Kier alpha value is -1.75. The number of carbonyl (C=O) groups excluding carboxylic acids is 2. The maximum atomic E-state index is 11.3. The molecule has 0 fully saturated rings. The van der Waals surface area contributed by atoms with E-state index in [-0.39, 0.29) is 5.88 Å². The number of imide groups is 1. The largest absolute Gasteiger partial charge is 0.494 e. The molecule has 1 rings (SSSR count). The van der Waals surface area contributed by atoms with Crippen molar-refractivity contribution in [2.45, 2.75) is 13.3 Å². The summed E-state index contributed by atoms with van der Waals surface area (Å²) < 4.78 is 5.40. The Labute approximate surface area is 110 Å². The number of nitrogens with one attached hydrogen (secondary N) is 2.